The molecule has 0 spiro atoms. The van der Waals surface area contributed by atoms with Gasteiger partial charge in [-0.3, -0.25) is 0 Å². The van der Waals surface area contributed by atoms with Gasteiger partial charge in [-0.2, -0.15) is 13.2 Å². The van der Waals surface area contributed by atoms with E-state index >= 15 is 0 Å². The molecule has 1 rings (SSSR count). The summed E-state index contributed by atoms with van der Waals surface area (Å²) in [6.45, 7) is 2.00. The van der Waals surface area contributed by atoms with Crippen LogP contribution in [0.15, 0.2) is 18.7 Å². The molecule has 1 aromatic rings. The number of nitrogens with zero attached hydrogens (tertiary/aromatic N) is 2. The fraction of sp³-hybridized carbons (Fsp3) is 0.625. The first-order valence-corrected chi connectivity index (χ1v) is 5.97. The van der Waals surface area contributed by atoms with E-state index in [1.54, 1.807) is 7.11 Å². The Hall–Kier alpha value is -1.13. The summed E-state index contributed by atoms with van der Waals surface area (Å²) in [6, 6.07) is 0. The van der Waals surface area contributed by atoms with Crippen molar-refractivity contribution in [3.8, 4) is 0 Å². The Balaban J connectivity index is 0.000000331. The fourth-order valence-electron chi connectivity index (χ4n) is 0.806. The predicted octanol–water partition coefficient (Wildman–Crippen LogP) is 0.529. The summed E-state index contributed by atoms with van der Waals surface area (Å²) in [5, 5.41) is 0. The van der Waals surface area contributed by atoms with E-state index in [1.165, 1.54) is 0 Å². The van der Waals surface area contributed by atoms with Crippen LogP contribution in [-0.2, 0) is 21.9 Å². The first-order chi connectivity index (χ1) is 7.99. The highest BCUT2D eigenvalue weighted by molar-refractivity contribution is 7.86. The molecular weight excluding hydrogens is 277 g/mol. The molecule has 0 aliphatic heterocycles. The Bertz CT molecular complexity index is 469. The lowest BCUT2D eigenvalue weighted by Crippen LogP contribution is -2.36. The van der Waals surface area contributed by atoms with Crippen LogP contribution in [0.2, 0.25) is 0 Å². The molecule has 0 amide bonds. The van der Waals surface area contributed by atoms with Crippen molar-refractivity contribution in [2.45, 2.75) is 18.7 Å². The van der Waals surface area contributed by atoms with Crippen LogP contribution >= 0.6 is 0 Å². The SMILES string of the molecule is COC(C)[n+]1ccn(C)c1.O=S(=O)([O-])C(F)(F)F. The number of halogens is 3. The van der Waals surface area contributed by atoms with Gasteiger partial charge in [0.05, 0.1) is 7.05 Å². The van der Waals surface area contributed by atoms with Crippen LogP contribution in [0.4, 0.5) is 13.2 Å². The molecule has 1 atom stereocenters. The van der Waals surface area contributed by atoms with Crippen LogP contribution in [0.25, 0.3) is 0 Å². The van der Waals surface area contributed by atoms with Crippen molar-refractivity contribution in [1.82, 2.24) is 4.57 Å². The van der Waals surface area contributed by atoms with Gasteiger partial charge in [-0.25, -0.2) is 17.6 Å². The van der Waals surface area contributed by atoms with Gasteiger partial charge in [0.25, 0.3) is 0 Å². The van der Waals surface area contributed by atoms with Gasteiger partial charge in [0, 0.05) is 14.0 Å². The van der Waals surface area contributed by atoms with Crippen LogP contribution in [0, 0.1) is 0 Å². The van der Waals surface area contributed by atoms with E-state index in [0.717, 1.165) is 0 Å². The Morgan fingerprint density at radius 2 is 1.89 bits per heavy atom. The standard InChI is InChI=1S/C7H13N2O.CHF3O3S/c1-7(10-3)9-5-4-8(2)6-9;2-1(3,4)8(5,6)7/h4-7H,1-3H3;(H,5,6,7)/q+1;/p-1. The van der Waals surface area contributed by atoms with Crippen molar-refractivity contribution in [3.05, 3.63) is 18.7 Å². The van der Waals surface area contributed by atoms with Crippen molar-refractivity contribution in [3.63, 3.8) is 0 Å². The zero-order chi connectivity index (χ0) is 14.6. The summed E-state index contributed by atoms with van der Waals surface area (Å²) < 4.78 is 68.0. The lowest BCUT2D eigenvalue weighted by Gasteiger charge is -2.08. The van der Waals surface area contributed by atoms with Gasteiger partial charge in [0.2, 0.25) is 6.33 Å². The highest BCUT2D eigenvalue weighted by Crippen LogP contribution is 2.20. The number of imidazole rings is 1. The molecule has 1 unspecified atom stereocenters. The molecule has 1 aromatic heterocycles. The van der Waals surface area contributed by atoms with Crippen LogP contribution in [0.3, 0.4) is 0 Å². The molecule has 1 heterocycles. The Morgan fingerprint density at radius 1 is 1.44 bits per heavy atom. The molecule has 10 heteroatoms. The number of hydrogen-bond donors (Lipinski definition) is 0. The van der Waals surface area contributed by atoms with E-state index in [4.69, 9.17) is 17.7 Å². The third-order valence-corrected chi connectivity index (χ3v) is 2.40. The maximum atomic E-state index is 10.7. The highest BCUT2D eigenvalue weighted by atomic mass is 32.2. The van der Waals surface area contributed by atoms with Gasteiger partial charge in [0.1, 0.15) is 12.4 Å². The monoisotopic (exact) mass is 290 g/mol. The molecule has 0 aliphatic carbocycles. The second-order valence-electron chi connectivity index (χ2n) is 3.26. The molecule has 0 radical (unpaired) electrons. The molecule has 0 saturated carbocycles. The van der Waals surface area contributed by atoms with E-state index in [2.05, 4.69) is 0 Å². The number of ether oxygens (including phenoxy) is 1. The van der Waals surface area contributed by atoms with Crippen molar-refractivity contribution in [1.29, 1.82) is 0 Å². The average Bonchev–Trinajstić information content (AvgIpc) is 2.61. The van der Waals surface area contributed by atoms with Crippen LogP contribution in [0.1, 0.15) is 13.2 Å². The third kappa shape index (κ3) is 5.47. The van der Waals surface area contributed by atoms with E-state index in [1.807, 2.05) is 41.8 Å². The molecule has 0 saturated heterocycles. The normalized spacial score (nSPS) is 13.7. The minimum atomic E-state index is -6.09. The molecular formula is C8H13F3N2O4S. The summed E-state index contributed by atoms with van der Waals surface area (Å²) in [7, 11) is -2.41. The molecule has 6 nitrogen and oxygen atoms in total. The molecule has 0 aromatic carbocycles. The Morgan fingerprint density at radius 3 is 2.11 bits per heavy atom. The van der Waals surface area contributed by atoms with Gasteiger partial charge in [-0.15, -0.1) is 0 Å². The number of aryl methyl sites for hydroxylation is 1. The summed E-state index contributed by atoms with van der Waals surface area (Å²) in [5.74, 6) is 0. The smallest absolute Gasteiger partial charge is 0.485 e. The third-order valence-electron chi connectivity index (χ3n) is 1.83. The second kappa shape index (κ2) is 6.16. The van der Waals surface area contributed by atoms with Crippen molar-refractivity contribution >= 4 is 10.1 Å². The van der Waals surface area contributed by atoms with Crippen LogP contribution in [0.5, 0.6) is 0 Å². The molecule has 0 aliphatic rings. The topological polar surface area (TPSA) is 75.2 Å². The number of methoxy groups -OCH3 is 1. The van der Waals surface area contributed by atoms with Gasteiger partial charge in [-0.1, -0.05) is 0 Å². The number of alkyl halides is 3. The molecule has 0 N–H and O–H groups in total. The van der Waals surface area contributed by atoms with Crippen molar-refractivity contribution < 1.29 is 35.4 Å². The lowest BCUT2D eigenvalue weighted by atomic mass is 10.6. The minimum Gasteiger partial charge on any atom is -0.741 e. The van der Waals surface area contributed by atoms with Gasteiger partial charge < -0.3 is 9.29 Å². The van der Waals surface area contributed by atoms with Crippen molar-refractivity contribution in [2.75, 3.05) is 7.11 Å². The van der Waals surface area contributed by atoms with E-state index < -0.39 is 15.6 Å². The molecule has 18 heavy (non-hydrogen) atoms. The first kappa shape index (κ1) is 16.9. The zero-order valence-electron chi connectivity index (χ0n) is 9.88. The second-order valence-corrected chi connectivity index (χ2v) is 4.63. The minimum absolute atomic E-state index is 0.126. The van der Waals surface area contributed by atoms with Crippen molar-refractivity contribution in [2.24, 2.45) is 7.05 Å². The van der Waals surface area contributed by atoms with E-state index in [9.17, 15) is 13.2 Å². The van der Waals surface area contributed by atoms with E-state index in [0.29, 0.717) is 0 Å². The fourth-order valence-corrected chi connectivity index (χ4v) is 0.806. The zero-order valence-corrected chi connectivity index (χ0v) is 10.7. The number of hydrogen-bond acceptors (Lipinski definition) is 4. The molecule has 106 valence electrons. The summed E-state index contributed by atoms with van der Waals surface area (Å²) >= 11 is 0. The maximum absolute atomic E-state index is 10.7. The van der Waals surface area contributed by atoms with E-state index in [-0.39, 0.29) is 6.23 Å². The molecule has 0 bridgehead atoms. The van der Waals surface area contributed by atoms with Gasteiger partial charge >= 0.3 is 5.51 Å². The number of aromatic nitrogens is 2. The highest BCUT2D eigenvalue weighted by Gasteiger charge is 2.36. The largest absolute Gasteiger partial charge is 0.741 e. The van der Waals surface area contributed by atoms with Crippen LogP contribution in [-0.4, -0.2) is 30.2 Å². The summed E-state index contributed by atoms with van der Waals surface area (Å²) in [6.07, 6.45) is 6.07. The quantitative estimate of drug-likeness (QED) is 0.452. The van der Waals surface area contributed by atoms with Gasteiger partial charge in [0.15, 0.2) is 16.3 Å². The summed E-state index contributed by atoms with van der Waals surface area (Å²) in [4.78, 5) is 0. The lowest BCUT2D eigenvalue weighted by molar-refractivity contribution is -0.756. The molecule has 0 fully saturated rings. The Kier molecular flexibility index (Phi) is 5.77. The number of rotatable bonds is 2. The average molecular weight is 290 g/mol. The van der Waals surface area contributed by atoms with Gasteiger partial charge in [-0.05, 0) is 0 Å². The summed E-state index contributed by atoms with van der Waals surface area (Å²) in [5.41, 5.74) is -5.65. The Labute approximate surface area is 102 Å². The first-order valence-electron chi connectivity index (χ1n) is 4.56. The predicted molar refractivity (Wildman–Crippen MR) is 53.1 cm³/mol. The maximum Gasteiger partial charge on any atom is 0.485 e. The van der Waals surface area contributed by atoms with Crippen LogP contribution < -0.4 is 4.57 Å².